The molecule has 2 bridgehead atoms. The molecule has 1 aliphatic heterocycles. The maximum absolute atomic E-state index is 12.1. The number of fused-ring (bicyclic) bond motifs is 2. The van der Waals surface area contributed by atoms with Crippen LogP contribution in [0.15, 0.2) is 60.0 Å². The smallest absolute Gasteiger partial charge is 0.333 e. The number of allylic oxidation sites excluding steroid dienone is 6. The molecular formula is C23H30N2O6. The number of carbonyl (C=O) groups is 3. The molecule has 8 nitrogen and oxygen atoms in total. The highest BCUT2D eigenvalue weighted by atomic mass is 16.6. The van der Waals surface area contributed by atoms with Gasteiger partial charge in [0.05, 0.1) is 12.8 Å². The number of esters is 3. The minimum Gasteiger partial charge on any atom is -0.462 e. The van der Waals surface area contributed by atoms with Gasteiger partial charge in [-0.2, -0.15) is 0 Å². The van der Waals surface area contributed by atoms with Crippen molar-refractivity contribution in [3.05, 3.63) is 60.0 Å². The van der Waals surface area contributed by atoms with E-state index in [4.69, 9.17) is 14.2 Å². The topological polar surface area (TPSA) is 103 Å². The minimum absolute atomic E-state index is 0.0619. The quantitative estimate of drug-likeness (QED) is 0.249. The molecule has 1 fully saturated rings. The first kappa shape index (κ1) is 24.0. The lowest BCUT2D eigenvalue weighted by atomic mass is 10.0. The Labute approximate surface area is 182 Å². The summed E-state index contributed by atoms with van der Waals surface area (Å²) in [5, 5.41) is 6.73. The van der Waals surface area contributed by atoms with Crippen molar-refractivity contribution >= 4 is 17.9 Å². The molecule has 31 heavy (non-hydrogen) atoms. The lowest BCUT2D eigenvalue weighted by Crippen LogP contribution is -2.60. The summed E-state index contributed by atoms with van der Waals surface area (Å²) in [5.74, 6) is -1.61. The van der Waals surface area contributed by atoms with Crippen molar-refractivity contribution in [1.82, 2.24) is 10.6 Å². The van der Waals surface area contributed by atoms with Crippen molar-refractivity contribution in [3.63, 3.8) is 0 Å². The lowest BCUT2D eigenvalue weighted by molar-refractivity contribution is -0.153. The molecule has 1 aliphatic carbocycles. The number of hydrogen-bond acceptors (Lipinski definition) is 8. The third-order valence-corrected chi connectivity index (χ3v) is 4.38. The number of ether oxygens (including phenoxy) is 3. The number of hydrogen-bond donors (Lipinski definition) is 2. The van der Waals surface area contributed by atoms with Crippen molar-refractivity contribution in [3.8, 4) is 0 Å². The third-order valence-electron chi connectivity index (χ3n) is 4.38. The molecule has 8 heteroatoms. The molecule has 1 heterocycles. The minimum atomic E-state index is -0.667. The summed E-state index contributed by atoms with van der Waals surface area (Å²) in [6, 6.07) is 0. The van der Waals surface area contributed by atoms with Crippen LogP contribution in [-0.2, 0) is 28.6 Å². The van der Waals surface area contributed by atoms with Crippen LogP contribution in [0.4, 0.5) is 0 Å². The molecule has 0 radical (unpaired) electrons. The Morgan fingerprint density at radius 1 is 0.968 bits per heavy atom. The van der Waals surface area contributed by atoms with Gasteiger partial charge in [-0.25, -0.2) is 4.79 Å². The number of carbonyl (C=O) groups excluding carboxylic acids is 3. The summed E-state index contributed by atoms with van der Waals surface area (Å²) in [6.45, 7) is 6.83. The normalized spacial score (nSPS) is 25.1. The van der Waals surface area contributed by atoms with Crippen LogP contribution in [0.3, 0.4) is 0 Å². The Kier molecular flexibility index (Phi) is 9.12. The SMILES string of the molecule is C=C(C)C(=O)OCCOC(=O)CCC(=O)OCC1(C)N/C2=C/C=C\C/C=C\C=C(/C2)N1. The number of rotatable bonds is 9. The summed E-state index contributed by atoms with van der Waals surface area (Å²) >= 11 is 0. The van der Waals surface area contributed by atoms with E-state index < -0.39 is 23.6 Å². The Morgan fingerprint density at radius 3 is 2.10 bits per heavy atom. The molecular weight excluding hydrogens is 400 g/mol. The first-order valence-electron chi connectivity index (χ1n) is 10.2. The van der Waals surface area contributed by atoms with Gasteiger partial charge in [-0.3, -0.25) is 9.59 Å². The monoisotopic (exact) mass is 430 g/mol. The largest absolute Gasteiger partial charge is 0.462 e. The van der Waals surface area contributed by atoms with E-state index in [1.807, 2.05) is 31.2 Å². The molecule has 2 N–H and O–H groups in total. The summed E-state index contributed by atoms with van der Waals surface area (Å²) < 4.78 is 15.1. The van der Waals surface area contributed by atoms with Crippen LogP contribution in [0.5, 0.6) is 0 Å². The van der Waals surface area contributed by atoms with Crippen molar-refractivity contribution in [2.75, 3.05) is 19.8 Å². The summed E-state index contributed by atoms with van der Waals surface area (Å²) in [6.07, 6.45) is 13.5. The van der Waals surface area contributed by atoms with E-state index in [-0.39, 0.29) is 38.2 Å². The van der Waals surface area contributed by atoms with Crippen molar-refractivity contribution in [2.45, 2.75) is 45.2 Å². The Morgan fingerprint density at radius 2 is 1.52 bits per heavy atom. The van der Waals surface area contributed by atoms with Gasteiger partial charge in [-0.1, -0.05) is 30.9 Å². The maximum atomic E-state index is 12.1. The van der Waals surface area contributed by atoms with Gasteiger partial charge in [-0.15, -0.1) is 0 Å². The summed E-state index contributed by atoms with van der Waals surface area (Å²) in [4.78, 5) is 35.0. The molecule has 0 amide bonds. The van der Waals surface area contributed by atoms with E-state index in [1.54, 1.807) is 0 Å². The van der Waals surface area contributed by atoms with E-state index in [0.29, 0.717) is 0 Å². The van der Waals surface area contributed by atoms with Gasteiger partial charge >= 0.3 is 17.9 Å². The second-order valence-electron chi connectivity index (χ2n) is 7.53. The fourth-order valence-corrected chi connectivity index (χ4v) is 2.90. The molecule has 0 spiro atoms. The van der Waals surface area contributed by atoms with Gasteiger partial charge in [0.2, 0.25) is 0 Å². The highest BCUT2D eigenvalue weighted by Crippen LogP contribution is 2.21. The van der Waals surface area contributed by atoms with Gasteiger partial charge in [0.25, 0.3) is 0 Å². The van der Waals surface area contributed by atoms with Crippen LogP contribution in [0.25, 0.3) is 0 Å². The van der Waals surface area contributed by atoms with Crippen LogP contribution in [0.1, 0.15) is 39.5 Å². The van der Waals surface area contributed by atoms with Crippen molar-refractivity contribution < 1.29 is 28.6 Å². The molecule has 0 aromatic carbocycles. The van der Waals surface area contributed by atoms with Crippen LogP contribution in [0.2, 0.25) is 0 Å². The predicted molar refractivity (Wildman–Crippen MR) is 115 cm³/mol. The standard InChI is InChI=1S/C23H30N2O6/c1-17(2)22(28)30-14-13-29-20(26)11-12-21(27)31-16-23(3)24-18-9-7-5-4-6-8-10-19(15-18)25-23/h5-10,24-25H,1,4,11-16H2,2-3H3/b7-5-,8-6-,18-9+,19-10+. The molecule has 168 valence electrons. The van der Waals surface area contributed by atoms with E-state index in [2.05, 4.69) is 29.4 Å². The first-order valence-corrected chi connectivity index (χ1v) is 10.2. The van der Waals surface area contributed by atoms with Gasteiger partial charge in [0.15, 0.2) is 0 Å². The van der Waals surface area contributed by atoms with Gasteiger partial charge in [0.1, 0.15) is 25.5 Å². The van der Waals surface area contributed by atoms with Crippen LogP contribution < -0.4 is 10.6 Å². The zero-order valence-electron chi connectivity index (χ0n) is 18.1. The summed E-state index contributed by atoms with van der Waals surface area (Å²) in [7, 11) is 0. The molecule has 2 aliphatic rings. The average molecular weight is 431 g/mol. The molecule has 0 unspecified atom stereocenters. The lowest BCUT2D eigenvalue weighted by Gasteiger charge is -2.40. The third kappa shape index (κ3) is 8.94. The Balaban J connectivity index is 1.73. The zero-order chi connectivity index (χ0) is 22.7. The molecule has 0 saturated carbocycles. The van der Waals surface area contributed by atoms with E-state index in [1.165, 1.54) is 6.92 Å². The summed E-state index contributed by atoms with van der Waals surface area (Å²) in [5.41, 5.74) is 1.64. The molecule has 0 aromatic rings. The van der Waals surface area contributed by atoms with Crippen LogP contribution in [0, 0.1) is 0 Å². The number of nitrogens with one attached hydrogen (secondary N) is 2. The maximum Gasteiger partial charge on any atom is 0.333 e. The fraction of sp³-hybridized carbons (Fsp3) is 0.435. The molecule has 2 rings (SSSR count). The van der Waals surface area contributed by atoms with Crippen molar-refractivity contribution in [1.29, 1.82) is 0 Å². The second kappa shape index (κ2) is 11.8. The highest BCUT2D eigenvalue weighted by Gasteiger charge is 2.31. The first-order chi connectivity index (χ1) is 14.8. The van der Waals surface area contributed by atoms with Gasteiger partial charge < -0.3 is 24.8 Å². The van der Waals surface area contributed by atoms with Gasteiger partial charge in [-0.05, 0) is 32.4 Å². The van der Waals surface area contributed by atoms with Crippen LogP contribution >= 0.6 is 0 Å². The zero-order valence-corrected chi connectivity index (χ0v) is 18.1. The Hall–Kier alpha value is -3.29. The Bertz CT molecular complexity index is 792. The van der Waals surface area contributed by atoms with Crippen molar-refractivity contribution in [2.24, 2.45) is 0 Å². The fourth-order valence-electron chi connectivity index (χ4n) is 2.90. The van der Waals surface area contributed by atoms with E-state index >= 15 is 0 Å². The average Bonchev–Trinajstić information content (AvgIpc) is 2.72. The van der Waals surface area contributed by atoms with E-state index in [9.17, 15) is 14.4 Å². The predicted octanol–water partition coefficient (Wildman–Crippen LogP) is 2.56. The van der Waals surface area contributed by atoms with E-state index in [0.717, 1.165) is 24.2 Å². The highest BCUT2D eigenvalue weighted by molar-refractivity contribution is 5.86. The molecule has 0 atom stereocenters. The molecule has 0 aromatic heterocycles. The second-order valence-corrected chi connectivity index (χ2v) is 7.53. The molecule has 1 saturated heterocycles. The van der Waals surface area contributed by atoms with Crippen LogP contribution in [-0.4, -0.2) is 43.4 Å². The van der Waals surface area contributed by atoms with Gasteiger partial charge in [0, 0.05) is 23.4 Å².